The monoisotopic (exact) mass is 289 g/mol. The Morgan fingerprint density at radius 1 is 1.10 bits per heavy atom. The van der Waals surface area contributed by atoms with E-state index in [0.717, 1.165) is 0 Å². The summed E-state index contributed by atoms with van der Waals surface area (Å²) in [5, 5.41) is 23.4. The number of benzene rings is 1. The van der Waals surface area contributed by atoms with Crippen molar-refractivity contribution in [1.29, 1.82) is 0 Å². The van der Waals surface area contributed by atoms with Gasteiger partial charge in [-0.25, -0.2) is 0 Å². The fraction of sp³-hybridized carbons (Fsp3) is 0. The zero-order chi connectivity index (χ0) is 14.1. The van der Waals surface area contributed by atoms with Crippen LogP contribution in [0.4, 0.5) is 0 Å². The predicted molar refractivity (Wildman–Crippen MR) is 71.3 cm³/mol. The molecule has 0 saturated carbocycles. The van der Waals surface area contributed by atoms with Crippen molar-refractivity contribution in [2.75, 3.05) is 0 Å². The second kappa shape index (κ2) is 4.82. The Morgan fingerprint density at radius 3 is 2.70 bits per heavy atom. The van der Waals surface area contributed by atoms with Gasteiger partial charge in [0, 0.05) is 6.20 Å². The van der Waals surface area contributed by atoms with E-state index in [2.05, 4.69) is 15.1 Å². The smallest absolute Gasteiger partial charge is 0.262 e. The Labute approximate surface area is 118 Å². The summed E-state index contributed by atoms with van der Waals surface area (Å²) >= 11 is 5.75. The number of halogens is 1. The van der Waals surface area contributed by atoms with Gasteiger partial charge in [0.25, 0.3) is 5.89 Å². The van der Waals surface area contributed by atoms with E-state index in [4.69, 9.17) is 16.1 Å². The van der Waals surface area contributed by atoms with Crippen molar-refractivity contribution in [2.24, 2.45) is 0 Å². The normalized spacial score (nSPS) is 10.7. The molecule has 2 aromatic heterocycles. The van der Waals surface area contributed by atoms with Crippen LogP contribution in [-0.2, 0) is 0 Å². The number of aromatic nitrogens is 3. The first-order valence-electron chi connectivity index (χ1n) is 5.61. The van der Waals surface area contributed by atoms with Crippen molar-refractivity contribution in [3.63, 3.8) is 0 Å². The molecule has 3 aromatic rings. The first-order valence-corrected chi connectivity index (χ1v) is 5.99. The lowest BCUT2D eigenvalue weighted by molar-refractivity contribution is 0.423. The number of phenols is 2. The Bertz CT molecular complexity index is 756. The van der Waals surface area contributed by atoms with E-state index in [9.17, 15) is 10.2 Å². The molecule has 0 aliphatic heterocycles. The van der Waals surface area contributed by atoms with Gasteiger partial charge in [0.1, 0.15) is 17.2 Å². The summed E-state index contributed by atoms with van der Waals surface area (Å²) < 4.78 is 5.07. The maximum atomic E-state index is 9.73. The van der Waals surface area contributed by atoms with E-state index in [-0.39, 0.29) is 28.8 Å². The van der Waals surface area contributed by atoms with Crippen LogP contribution in [0.1, 0.15) is 0 Å². The Morgan fingerprint density at radius 2 is 1.95 bits per heavy atom. The van der Waals surface area contributed by atoms with Gasteiger partial charge in [-0.15, -0.1) is 0 Å². The third-order valence-electron chi connectivity index (χ3n) is 2.59. The van der Waals surface area contributed by atoms with Crippen LogP contribution in [-0.4, -0.2) is 25.3 Å². The van der Waals surface area contributed by atoms with Crippen molar-refractivity contribution >= 4 is 11.6 Å². The zero-order valence-electron chi connectivity index (χ0n) is 9.99. The number of hydrogen-bond acceptors (Lipinski definition) is 6. The summed E-state index contributed by atoms with van der Waals surface area (Å²) in [6.45, 7) is 0. The van der Waals surface area contributed by atoms with E-state index >= 15 is 0 Å². The highest BCUT2D eigenvalue weighted by molar-refractivity contribution is 6.30. The van der Waals surface area contributed by atoms with E-state index < -0.39 is 0 Å². The number of nitrogens with zero attached hydrogens (tertiary/aromatic N) is 3. The van der Waals surface area contributed by atoms with E-state index in [1.165, 1.54) is 24.4 Å². The van der Waals surface area contributed by atoms with Crippen LogP contribution in [0.2, 0.25) is 5.02 Å². The Balaban J connectivity index is 2.01. The highest BCUT2D eigenvalue weighted by atomic mass is 35.5. The molecule has 2 N–H and O–H groups in total. The molecule has 0 unspecified atom stereocenters. The number of phenolic OH excluding ortho intramolecular Hbond substituents is 2. The second-order valence-corrected chi connectivity index (χ2v) is 4.42. The minimum absolute atomic E-state index is 0.0119. The summed E-state index contributed by atoms with van der Waals surface area (Å²) in [6, 6.07) is 7.35. The summed E-state index contributed by atoms with van der Waals surface area (Å²) in [6.07, 6.45) is 1.47. The molecule has 3 rings (SSSR count). The van der Waals surface area contributed by atoms with Crippen LogP contribution < -0.4 is 0 Å². The van der Waals surface area contributed by atoms with Gasteiger partial charge in [0.2, 0.25) is 5.82 Å². The van der Waals surface area contributed by atoms with Gasteiger partial charge in [0.05, 0.1) is 10.6 Å². The van der Waals surface area contributed by atoms with E-state index in [0.29, 0.717) is 10.7 Å². The molecule has 0 atom stereocenters. The first-order chi connectivity index (χ1) is 9.63. The minimum atomic E-state index is -0.0675. The predicted octanol–water partition coefficient (Wildman–Crippen LogP) is 2.86. The van der Waals surface area contributed by atoms with Crippen molar-refractivity contribution in [1.82, 2.24) is 15.1 Å². The molecule has 0 aliphatic rings. The summed E-state index contributed by atoms with van der Waals surface area (Å²) in [5.74, 6) is 0.272. The molecule has 1 aromatic carbocycles. The van der Waals surface area contributed by atoms with Gasteiger partial charge in [-0.05, 0) is 30.3 Å². The molecule has 0 radical (unpaired) electrons. The molecule has 0 bridgehead atoms. The number of rotatable bonds is 2. The van der Waals surface area contributed by atoms with Gasteiger partial charge in [-0.3, -0.25) is 4.98 Å². The molecule has 0 spiro atoms. The van der Waals surface area contributed by atoms with Gasteiger partial charge >= 0.3 is 0 Å². The topological polar surface area (TPSA) is 92.3 Å². The van der Waals surface area contributed by atoms with Crippen LogP contribution in [0.15, 0.2) is 41.1 Å². The van der Waals surface area contributed by atoms with Crippen molar-refractivity contribution < 1.29 is 14.7 Å². The molecule has 6 nitrogen and oxygen atoms in total. The lowest BCUT2D eigenvalue weighted by atomic mass is 10.2. The van der Waals surface area contributed by atoms with Crippen LogP contribution in [0.3, 0.4) is 0 Å². The minimum Gasteiger partial charge on any atom is -0.508 e. The lowest BCUT2D eigenvalue weighted by Gasteiger charge is -1.99. The van der Waals surface area contributed by atoms with Crippen LogP contribution in [0.5, 0.6) is 11.5 Å². The standard InChI is InChI=1S/C13H8ClN3O3/c14-7-1-3-10(15-6-7)12-16-13(20-17-12)9-5-8(18)2-4-11(9)19/h1-6,18-19H. The van der Waals surface area contributed by atoms with Crippen LogP contribution in [0, 0.1) is 0 Å². The number of hydrogen-bond donors (Lipinski definition) is 2. The van der Waals surface area contributed by atoms with E-state index in [1.807, 2.05) is 0 Å². The van der Waals surface area contributed by atoms with Gasteiger partial charge in [-0.2, -0.15) is 4.98 Å². The van der Waals surface area contributed by atoms with Crippen molar-refractivity contribution in [3.05, 3.63) is 41.6 Å². The largest absolute Gasteiger partial charge is 0.508 e. The van der Waals surface area contributed by atoms with Gasteiger partial charge in [0.15, 0.2) is 0 Å². The second-order valence-electron chi connectivity index (χ2n) is 3.99. The molecule has 7 heteroatoms. The quantitative estimate of drug-likeness (QED) is 0.705. The fourth-order valence-electron chi connectivity index (χ4n) is 1.64. The molecule has 2 heterocycles. The summed E-state index contributed by atoms with van der Waals surface area (Å²) in [4.78, 5) is 8.19. The summed E-state index contributed by atoms with van der Waals surface area (Å²) in [5.41, 5.74) is 0.738. The lowest BCUT2D eigenvalue weighted by Crippen LogP contribution is -1.85. The first kappa shape index (κ1) is 12.4. The fourth-order valence-corrected chi connectivity index (χ4v) is 1.75. The van der Waals surface area contributed by atoms with Gasteiger partial charge in [-0.1, -0.05) is 16.8 Å². The van der Waals surface area contributed by atoms with Crippen LogP contribution >= 0.6 is 11.6 Å². The molecular formula is C13H8ClN3O3. The molecule has 0 saturated heterocycles. The average Bonchev–Trinajstić information content (AvgIpc) is 2.92. The SMILES string of the molecule is Oc1ccc(O)c(-c2nc(-c3ccc(Cl)cn3)no2)c1. The van der Waals surface area contributed by atoms with Crippen molar-refractivity contribution in [3.8, 4) is 34.5 Å². The van der Waals surface area contributed by atoms with Gasteiger partial charge < -0.3 is 14.7 Å². The number of aromatic hydroxyl groups is 2. The third-order valence-corrected chi connectivity index (χ3v) is 2.82. The Kier molecular flexibility index (Phi) is 3.00. The molecule has 0 amide bonds. The Hall–Kier alpha value is -2.60. The molecular weight excluding hydrogens is 282 g/mol. The van der Waals surface area contributed by atoms with Crippen LogP contribution in [0.25, 0.3) is 23.0 Å². The molecule has 20 heavy (non-hydrogen) atoms. The summed E-state index contributed by atoms with van der Waals surface area (Å²) in [7, 11) is 0. The van der Waals surface area contributed by atoms with Crippen molar-refractivity contribution in [2.45, 2.75) is 0 Å². The average molecular weight is 290 g/mol. The molecule has 0 fully saturated rings. The third kappa shape index (κ3) is 2.28. The molecule has 100 valence electrons. The maximum absolute atomic E-state index is 9.73. The highest BCUT2D eigenvalue weighted by Crippen LogP contribution is 2.31. The maximum Gasteiger partial charge on any atom is 0.262 e. The van der Waals surface area contributed by atoms with E-state index in [1.54, 1.807) is 12.1 Å². The highest BCUT2D eigenvalue weighted by Gasteiger charge is 2.15. The molecule has 0 aliphatic carbocycles. The number of pyridine rings is 1. The zero-order valence-corrected chi connectivity index (χ0v) is 10.7.